The predicted octanol–water partition coefficient (Wildman–Crippen LogP) is 0.869. The van der Waals surface area contributed by atoms with E-state index in [1.165, 1.54) is 0 Å². The maximum Gasteiger partial charge on any atom is 0.246 e. The quantitative estimate of drug-likeness (QED) is 0.410. The molecular formula is C16H32N2O5. The Morgan fingerprint density at radius 1 is 0.739 bits per heavy atom. The molecule has 0 aliphatic heterocycles. The highest BCUT2D eigenvalue weighted by Gasteiger charge is 2.03. The molecule has 0 aliphatic carbocycles. The van der Waals surface area contributed by atoms with Gasteiger partial charge in [0.2, 0.25) is 11.8 Å². The van der Waals surface area contributed by atoms with E-state index in [1.54, 1.807) is 14.2 Å². The van der Waals surface area contributed by atoms with Crippen LogP contribution in [-0.2, 0) is 23.8 Å². The van der Waals surface area contributed by atoms with Crippen molar-refractivity contribution < 1.29 is 23.8 Å². The molecule has 0 bridgehead atoms. The molecule has 7 nitrogen and oxygen atoms in total. The van der Waals surface area contributed by atoms with Gasteiger partial charge in [0, 0.05) is 53.6 Å². The first kappa shape index (κ1) is 21.8. The summed E-state index contributed by atoms with van der Waals surface area (Å²) in [5.74, 6) is -0.142. The SMILES string of the molecule is COCCCCCC(=O)NCCNC(=O)COCCCCOC. The third-order valence-corrected chi connectivity index (χ3v) is 3.14. The second kappa shape index (κ2) is 17.2. The molecule has 2 N–H and O–H groups in total. The normalized spacial score (nSPS) is 10.5. The van der Waals surface area contributed by atoms with Crippen LogP contribution in [0, 0.1) is 0 Å². The number of carbonyl (C=O) groups is 2. The number of unbranched alkanes of at least 4 members (excludes halogenated alkanes) is 3. The lowest BCUT2D eigenvalue weighted by molar-refractivity contribution is -0.126. The number of ether oxygens (including phenoxy) is 3. The Morgan fingerprint density at radius 2 is 1.30 bits per heavy atom. The summed E-state index contributed by atoms with van der Waals surface area (Å²) in [6.45, 7) is 2.92. The van der Waals surface area contributed by atoms with Crippen LogP contribution in [0.1, 0.15) is 38.5 Å². The topological polar surface area (TPSA) is 85.9 Å². The smallest absolute Gasteiger partial charge is 0.246 e. The molecule has 0 radical (unpaired) electrons. The maximum absolute atomic E-state index is 11.5. The molecule has 0 aromatic carbocycles. The lowest BCUT2D eigenvalue weighted by Gasteiger charge is -2.08. The van der Waals surface area contributed by atoms with Crippen LogP contribution >= 0.6 is 0 Å². The van der Waals surface area contributed by atoms with Crippen LogP contribution in [0.25, 0.3) is 0 Å². The monoisotopic (exact) mass is 332 g/mol. The highest BCUT2D eigenvalue weighted by molar-refractivity contribution is 5.77. The summed E-state index contributed by atoms with van der Waals surface area (Å²) < 4.78 is 15.1. The van der Waals surface area contributed by atoms with Gasteiger partial charge in [-0.25, -0.2) is 0 Å². The Morgan fingerprint density at radius 3 is 1.96 bits per heavy atom. The average molecular weight is 332 g/mol. The van der Waals surface area contributed by atoms with E-state index >= 15 is 0 Å². The standard InChI is InChI=1S/C16H32N2O5/c1-21-11-5-3-4-8-15(19)17-9-10-18-16(20)14-23-13-7-6-12-22-2/h3-14H2,1-2H3,(H,17,19)(H,18,20). The van der Waals surface area contributed by atoms with Crippen LogP contribution < -0.4 is 10.6 Å². The highest BCUT2D eigenvalue weighted by atomic mass is 16.5. The van der Waals surface area contributed by atoms with Gasteiger partial charge in [-0.2, -0.15) is 0 Å². The average Bonchev–Trinajstić information content (AvgIpc) is 2.54. The molecule has 0 saturated carbocycles. The van der Waals surface area contributed by atoms with Gasteiger partial charge in [-0.3, -0.25) is 9.59 Å². The van der Waals surface area contributed by atoms with Crippen LogP contribution in [0.2, 0.25) is 0 Å². The van der Waals surface area contributed by atoms with Crippen molar-refractivity contribution in [3.05, 3.63) is 0 Å². The summed E-state index contributed by atoms with van der Waals surface area (Å²) in [5, 5.41) is 5.48. The van der Waals surface area contributed by atoms with Gasteiger partial charge < -0.3 is 24.8 Å². The van der Waals surface area contributed by atoms with Crippen molar-refractivity contribution in [2.75, 3.05) is 53.7 Å². The molecule has 0 fully saturated rings. The van der Waals surface area contributed by atoms with Gasteiger partial charge in [-0.1, -0.05) is 6.42 Å². The Balaban J connectivity index is 3.32. The van der Waals surface area contributed by atoms with Crippen LogP contribution in [0.3, 0.4) is 0 Å². The predicted molar refractivity (Wildman–Crippen MR) is 88.3 cm³/mol. The van der Waals surface area contributed by atoms with Crippen molar-refractivity contribution in [3.8, 4) is 0 Å². The number of hydrogen-bond donors (Lipinski definition) is 2. The molecule has 136 valence electrons. The molecule has 0 aliphatic rings. The molecule has 23 heavy (non-hydrogen) atoms. The van der Waals surface area contributed by atoms with Crippen molar-refractivity contribution in [2.45, 2.75) is 38.5 Å². The van der Waals surface area contributed by atoms with Crippen molar-refractivity contribution in [2.24, 2.45) is 0 Å². The summed E-state index contributed by atoms with van der Waals surface area (Å²) in [6, 6.07) is 0. The molecule has 0 unspecified atom stereocenters. The summed E-state index contributed by atoms with van der Waals surface area (Å²) in [7, 11) is 3.34. The van der Waals surface area contributed by atoms with Crippen molar-refractivity contribution in [1.82, 2.24) is 10.6 Å². The second-order valence-electron chi connectivity index (χ2n) is 5.26. The van der Waals surface area contributed by atoms with Gasteiger partial charge in [-0.15, -0.1) is 0 Å². The first-order valence-electron chi connectivity index (χ1n) is 8.29. The minimum atomic E-state index is -0.162. The Kier molecular flexibility index (Phi) is 16.3. The van der Waals surface area contributed by atoms with E-state index in [-0.39, 0.29) is 18.4 Å². The van der Waals surface area contributed by atoms with Crippen LogP contribution in [-0.4, -0.2) is 65.6 Å². The van der Waals surface area contributed by atoms with E-state index in [1.807, 2.05) is 0 Å². The van der Waals surface area contributed by atoms with Gasteiger partial charge in [0.15, 0.2) is 0 Å². The van der Waals surface area contributed by atoms with Crippen LogP contribution in [0.15, 0.2) is 0 Å². The fourth-order valence-corrected chi connectivity index (χ4v) is 1.87. The highest BCUT2D eigenvalue weighted by Crippen LogP contribution is 1.99. The Bertz CT molecular complexity index is 300. The lowest BCUT2D eigenvalue weighted by atomic mass is 10.2. The van der Waals surface area contributed by atoms with Crippen LogP contribution in [0.5, 0.6) is 0 Å². The zero-order chi connectivity index (χ0) is 17.2. The first-order chi connectivity index (χ1) is 11.2. The van der Waals surface area contributed by atoms with Gasteiger partial charge >= 0.3 is 0 Å². The first-order valence-corrected chi connectivity index (χ1v) is 8.29. The Hall–Kier alpha value is -1.18. The summed E-state index contributed by atoms with van der Waals surface area (Å²) in [6.07, 6.45) is 5.14. The zero-order valence-electron chi connectivity index (χ0n) is 14.5. The molecule has 7 heteroatoms. The van der Waals surface area contributed by atoms with Crippen LogP contribution in [0.4, 0.5) is 0 Å². The van der Waals surface area contributed by atoms with E-state index in [0.29, 0.717) is 32.7 Å². The molecule has 2 amide bonds. The summed E-state index contributed by atoms with van der Waals surface area (Å²) in [5.41, 5.74) is 0. The van der Waals surface area contributed by atoms with Crippen molar-refractivity contribution >= 4 is 11.8 Å². The minimum Gasteiger partial charge on any atom is -0.385 e. The van der Waals surface area contributed by atoms with E-state index in [9.17, 15) is 9.59 Å². The molecule has 0 heterocycles. The number of hydrogen-bond acceptors (Lipinski definition) is 5. The molecule has 0 saturated heterocycles. The van der Waals surface area contributed by atoms with E-state index in [2.05, 4.69) is 10.6 Å². The molecule has 0 aromatic rings. The largest absolute Gasteiger partial charge is 0.385 e. The molecule has 0 aromatic heterocycles. The lowest BCUT2D eigenvalue weighted by Crippen LogP contribution is -2.36. The molecular weight excluding hydrogens is 300 g/mol. The fraction of sp³-hybridized carbons (Fsp3) is 0.875. The number of carbonyl (C=O) groups excluding carboxylic acids is 2. The van der Waals surface area contributed by atoms with E-state index in [0.717, 1.165) is 38.7 Å². The summed E-state index contributed by atoms with van der Waals surface area (Å²) >= 11 is 0. The van der Waals surface area contributed by atoms with E-state index in [4.69, 9.17) is 14.2 Å². The molecule has 0 spiro atoms. The number of methoxy groups -OCH3 is 2. The number of amides is 2. The molecule has 0 atom stereocenters. The maximum atomic E-state index is 11.5. The number of nitrogens with one attached hydrogen (secondary N) is 2. The van der Waals surface area contributed by atoms with Crippen molar-refractivity contribution in [1.29, 1.82) is 0 Å². The van der Waals surface area contributed by atoms with Gasteiger partial charge in [0.1, 0.15) is 6.61 Å². The third-order valence-electron chi connectivity index (χ3n) is 3.14. The van der Waals surface area contributed by atoms with Gasteiger partial charge in [0.25, 0.3) is 0 Å². The summed E-state index contributed by atoms with van der Waals surface area (Å²) in [4.78, 5) is 23.0. The zero-order valence-corrected chi connectivity index (χ0v) is 14.5. The van der Waals surface area contributed by atoms with Gasteiger partial charge in [0.05, 0.1) is 0 Å². The number of rotatable bonds is 16. The minimum absolute atomic E-state index is 0.0195. The Labute approximate surface area is 139 Å². The van der Waals surface area contributed by atoms with Crippen molar-refractivity contribution in [3.63, 3.8) is 0 Å². The van der Waals surface area contributed by atoms with Gasteiger partial charge in [-0.05, 0) is 25.7 Å². The fourth-order valence-electron chi connectivity index (χ4n) is 1.87. The molecule has 0 rings (SSSR count). The third kappa shape index (κ3) is 17.0. The second-order valence-corrected chi connectivity index (χ2v) is 5.26. The van der Waals surface area contributed by atoms with E-state index < -0.39 is 0 Å².